The first-order chi connectivity index (χ1) is 10.2. The topological polar surface area (TPSA) is 9.23 Å². The summed E-state index contributed by atoms with van der Waals surface area (Å²) in [5, 5.41) is 3.04. The maximum atomic E-state index is 6.58. The van der Waals surface area contributed by atoms with E-state index in [-0.39, 0.29) is 0 Å². The molecule has 0 aliphatic carbocycles. The lowest BCUT2D eigenvalue weighted by atomic mass is 10.0. The summed E-state index contributed by atoms with van der Waals surface area (Å²) in [6, 6.07) is 18.3. The SMILES string of the molecule is COc1ccc(Cc2cc(Br)c3ccccc3c2Cl)cc1. The zero-order valence-corrected chi connectivity index (χ0v) is 13.9. The average molecular weight is 362 g/mol. The Balaban J connectivity index is 2.02. The summed E-state index contributed by atoms with van der Waals surface area (Å²) in [5.41, 5.74) is 2.33. The highest BCUT2D eigenvalue weighted by molar-refractivity contribution is 9.10. The number of hydrogen-bond donors (Lipinski definition) is 0. The summed E-state index contributed by atoms with van der Waals surface area (Å²) in [4.78, 5) is 0. The lowest BCUT2D eigenvalue weighted by Gasteiger charge is -2.10. The molecule has 0 fully saturated rings. The lowest BCUT2D eigenvalue weighted by molar-refractivity contribution is 0.414. The van der Waals surface area contributed by atoms with Crippen molar-refractivity contribution in [1.29, 1.82) is 0 Å². The monoisotopic (exact) mass is 360 g/mol. The number of fused-ring (bicyclic) bond motifs is 1. The van der Waals surface area contributed by atoms with Crippen LogP contribution in [0.3, 0.4) is 0 Å². The van der Waals surface area contributed by atoms with Gasteiger partial charge < -0.3 is 4.74 Å². The van der Waals surface area contributed by atoms with Crippen molar-refractivity contribution in [1.82, 2.24) is 0 Å². The Morgan fingerprint density at radius 2 is 1.67 bits per heavy atom. The molecule has 1 nitrogen and oxygen atoms in total. The minimum atomic E-state index is 0.798. The Morgan fingerprint density at radius 1 is 1.00 bits per heavy atom. The zero-order valence-electron chi connectivity index (χ0n) is 11.6. The second-order valence-electron chi connectivity index (χ2n) is 4.90. The van der Waals surface area contributed by atoms with Gasteiger partial charge in [0.25, 0.3) is 0 Å². The van der Waals surface area contributed by atoms with E-state index in [9.17, 15) is 0 Å². The number of halogens is 2. The fourth-order valence-electron chi connectivity index (χ4n) is 2.44. The van der Waals surface area contributed by atoms with Crippen LogP contribution in [0.2, 0.25) is 5.02 Å². The molecule has 0 amide bonds. The van der Waals surface area contributed by atoms with Crippen LogP contribution in [0.4, 0.5) is 0 Å². The fraction of sp³-hybridized carbons (Fsp3) is 0.111. The highest BCUT2D eigenvalue weighted by Gasteiger charge is 2.09. The van der Waals surface area contributed by atoms with Crippen molar-refractivity contribution in [3.63, 3.8) is 0 Å². The molecule has 0 aliphatic rings. The first-order valence-electron chi connectivity index (χ1n) is 6.67. The first kappa shape index (κ1) is 14.4. The Hall–Kier alpha value is -1.51. The number of methoxy groups -OCH3 is 1. The highest BCUT2D eigenvalue weighted by atomic mass is 79.9. The predicted molar refractivity (Wildman–Crippen MR) is 92.5 cm³/mol. The Kier molecular flexibility index (Phi) is 4.18. The molecule has 0 aromatic heterocycles. The lowest BCUT2D eigenvalue weighted by Crippen LogP contribution is -1.92. The van der Waals surface area contributed by atoms with Gasteiger partial charge in [0.15, 0.2) is 0 Å². The van der Waals surface area contributed by atoms with Gasteiger partial charge in [0.2, 0.25) is 0 Å². The van der Waals surface area contributed by atoms with Crippen molar-refractivity contribution in [3.05, 3.63) is 75.2 Å². The molecule has 0 spiro atoms. The van der Waals surface area contributed by atoms with Gasteiger partial charge in [0, 0.05) is 9.86 Å². The Morgan fingerprint density at radius 3 is 2.33 bits per heavy atom. The molecule has 21 heavy (non-hydrogen) atoms. The summed E-state index contributed by atoms with van der Waals surface area (Å²) >= 11 is 10.2. The minimum Gasteiger partial charge on any atom is -0.497 e. The summed E-state index contributed by atoms with van der Waals surface area (Å²) < 4.78 is 6.26. The third-order valence-electron chi connectivity index (χ3n) is 3.56. The van der Waals surface area contributed by atoms with Crippen molar-refractivity contribution >= 4 is 38.3 Å². The second kappa shape index (κ2) is 6.08. The molecule has 0 heterocycles. The van der Waals surface area contributed by atoms with Crippen LogP contribution in [0.25, 0.3) is 10.8 Å². The maximum absolute atomic E-state index is 6.58. The molecular formula is C18H14BrClO. The standard InChI is InChI=1S/C18H14BrClO/c1-21-14-8-6-12(7-9-14)10-13-11-17(19)15-4-2-3-5-16(15)18(13)20/h2-9,11H,10H2,1H3. The van der Waals surface area contributed by atoms with E-state index < -0.39 is 0 Å². The van der Waals surface area contributed by atoms with Gasteiger partial charge in [-0.1, -0.05) is 63.9 Å². The summed E-state index contributed by atoms with van der Waals surface area (Å²) in [6.45, 7) is 0. The second-order valence-corrected chi connectivity index (χ2v) is 6.13. The molecular weight excluding hydrogens is 348 g/mol. The largest absolute Gasteiger partial charge is 0.497 e. The van der Waals surface area contributed by atoms with Crippen molar-refractivity contribution in [2.24, 2.45) is 0 Å². The van der Waals surface area contributed by atoms with Gasteiger partial charge in [-0.3, -0.25) is 0 Å². The van der Waals surface area contributed by atoms with E-state index >= 15 is 0 Å². The van der Waals surface area contributed by atoms with Crippen LogP contribution >= 0.6 is 27.5 Å². The molecule has 0 saturated heterocycles. The van der Waals surface area contributed by atoms with Crippen molar-refractivity contribution in [3.8, 4) is 5.75 Å². The van der Waals surface area contributed by atoms with E-state index in [1.165, 1.54) is 5.56 Å². The Labute approximate surface area is 137 Å². The van der Waals surface area contributed by atoms with Crippen LogP contribution in [0, 0.1) is 0 Å². The van der Waals surface area contributed by atoms with E-state index in [0.29, 0.717) is 0 Å². The predicted octanol–water partition coefficient (Wildman–Crippen LogP) is 5.86. The van der Waals surface area contributed by atoms with Crippen LogP contribution in [0.15, 0.2) is 59.1 Å². The fourth-order valence-corrected chi connectivity index (χ4v) is 3.35. The van der Waals surface area contributed by atoms with Crippen LogP contribution in [-0.2, 0) is 6.42 Å². The van der Waals surface area contributed by atoms with Crippen LogP contribution in [-0.4, -0.2) is 7.11 Å². The molecule has 106 valence electrons. The molecule has 0 N–H and O–H groups in total. The molecule has 3 rings (SSSR count). The molecule has 0 bridgehead atoms. The maximum Gasteiger partial charge on any atom is 0.118 e. The average Bonchev–Trinajstić information content (AvgIpc) is 2.53. The first-order valence-corrected chi connectivity index (χ1v) is 7.84. The number of ether oxygens (including phenoxy) is 1. The molecule has 0 aliphatic heterocycles. The van der Waals surface area contributed by atoms with Gasteiger partial charge in [-0.15, -0.1) is 0 Å². The van der Waals surface area contributed by atoms with Gasteiger partial charge in [-0.25, -0.2) is 0 Å². The molecule has 0 saturated carbocycles. The highest BCUT2D eigenvalue weighted by Crippen LogP contribution is 2.34. The van der Waals surface area contributed by atoms with E-state index in [1.807, 2.05) is 24.3 Å². The van der Waals surface area contributed by atoms with Gasteiger partial charge in [0.05, 0.1) is 12.1 Å². The number of hydrogen-bond acceptors (Lipinski definition) is 1. The van der Waals surface area contributed by atoms with Gasteiger partial charge in [-0.2, -0.15) is 0 Å². The molecule has 0 atom stereocenters. The number of benzene rings is 3. The third-order valence-corrected chi connectivity index (χ3v) is 4.66. The van der Waals surface area contributed by atoms with Gasteiger partial charge in [-0.05, 0) is 41.1 Å². The number of rotatable bonds is 3. The van der Waals surface area contributed by atoms with Crippen molar-refractivity contribution < 1.29 is 4.74 Å². The normalized spacial score (nSPS) is 10.8. The molecule has 3 heteroatoms. The zero-order chi connectivity index (χ0) is 14.8. The summed E-state index contributed by atoms with van der Waals surface area (Å²) in [5.74, 6) is 0.865. The molecule has 3 aromatic rings. The van der Waals surface area contributed by atoms with Crippen molar-refractivity contribution in [2.45, 2.75) is 6.42 Å². The van der Waals surface area contributed by atoms with Gasteiger partial charge >= 0.3 is 0 Å². The molecule has 0 radical (unpaired) electrons. The smallest absolute Gasteiger partial charge is 0.118 e. The summed E-state index contributed by atoms with van der Waals surface area (Å²) in [6.07, 6.45) is 0.798. The quantitative estimate of drug-likeness (QED) is 0.568. The molecule has 3 aromatic carbocycles. The van der Waals surface area contributed by atoms with Crippen LogP contribution in [0.1, 0.15) is 11.1 Å². The van der Waals surface area contributed by atoms with Crippen LogP contribution in [0.5, 0.6) is 5.75 Å². The van der Waals surface area contributed by atoms with E-state index in [4.69, 9.17) is 16.3 Å². The van der Waals surface area contributed by atoms with Crippen LogP contribution < -0.4 is 4.74 Å². The Bertz CT molecular complexity index is 781. The van der Waals surface area contributed by atoms with E-state index in [0.717, 1.165) is 38.0 Å². The molecule has 0 unspecified atom stereocenters. The van der Waals surface area contributed by atoms with Gasteiger partial charge in [0.1, 0.15) is 5.75 Å². The van der Waals surface area contributed by atoms with Crippen molar-refractivity contribution in [2.75, 3.05) is 7.11 Å². The van der Waals surface area contributed by atoms with E-state index in [1.54, 1.807) is 7.11 Å². The summed E-state index contributed by atoms with van der Waals surface area (Å²) in [7, 11) is 1.67. The minimum absolute atomic E-state index is 0.798. The third kappa shape index (κ3) is 2.92. The van der Waals surface area contributed by atoms with E-state index in [2.05, 4.69) is 46.3 Å².